The van der Waals surface area contributed by atoms with Crippen LogP contribution in [0.1, 0.15) is 64.9 Å². The molecule has 12 heteroatoms. The number of nitrogens with zero attached hydrogens (tertiary/aromatic N) is 3. The molecule has 0 bridgehead atoms. The molecule has 5 rings (SSSR count). The van der Waals surface area contributed by atoms with Crippen LogP contribution in [0.5, 0.6) is 11.6 Å². The average Bonchev–Trinajstić information content (AvgIpc) is 3.73. The van der Waals surface area contributed by atoms with E-state index in [1.165, 1.54) is 7.11 Å². The van der Waals surface area contributed by atoms with Crippen molar-refractivity contribution in [2.45, 2.75) is 77.5 Å². The summed E-state index contributed by atoms with van der Waals surface area (Å²) in [6, 6.07) is 9.70. The fraction of sp³-hybridized carbons (Fsp3) is 0.486. The fourth-order valence-corrected chi connectivity index (χ4v) is 7.79. The smallest absolute Gasteiger partial charge is 0.496 e. The topological polar surface area (TPSA) is 137 Å². The van der Waals surface area contributed by atoms with Gasteiger partial charge in [0.05, 0.1) is 42.4 Å². The Morgan fingerprint density at radius 3 is 2.55 bits per heavy atom. The van der Waals surface area contributed by atoms with Gasteiger partial charge in [-0.05, 0) is 72.3 Å². The van der Waals surface area contributed by atoms with E-state index in [1.807, 2.05) is 39.0 Å². The summed E-state index contributed by atoms with van der Waals surface area (Å²) in [5.41, 5.74) is 0.684. The lowest BCUT2D eigenvalue weighted by molar-refractivity contribution is -0.794. The zero-order valence-electron chi connectivity index (χ0n) is 28.7. The van der Waals surface area contributed by atoms with Crippen molar-refractivity contribution in [2.24, 2.45) is 11.3 Å². The first-order valence-corrected chi connectivity index (χ1v) is 17.4. The Kier molecular flexibility index (Phi) is 10.8. The minimum atomic E-state index is -0.953. The van der Waals surface area contributed by atoms with Gasteiger partial charge in [0.2, 0.25) is 5.88 Å². The first kappa shape index (κ1) is 36.1. The third kappa shape index (κ3) is 7.24. The molecule has 11 nitrogen and oxygen atoms in total. The number of aromatic nitrogens is 1. The van der Waals surface area contributed by atoms with Crippen LogP contribution >= 0.6 is 15.9 Å². The number of allylic oxidation sites excluding steroid dienone is 1. The van der Waals surface area contributed by atoms with Crippen molar-refractivity contribution in [1.82, 2.24) is 10.3 Å². The molecule has 1 aliphatic carbocycles. The van der Waals surface area contributed by atoms with Crippen LogP contribution in [0.15, 0.2) is 47.5 Å². The van der Waals surface area contributed by atoms with Crippen molar-refractivity contribution in [1.29, 1.82) is 5.26 Å². The number of rotatable bonds is 10. The second kappa shape index (κ2) is 14.7. The molecule has 2 aromatic carbocycles. The Bertz CT molecular complexity index is 1820. The van der Waals surface area contributed by atoms with Crippen LogP contribution in [-0.2, 0) is 14.3 Å². The van der Waals surface area contributed by atoms with Gasteiger partial charge >= 0.3 is 18.1 Å². The van der Waals surface area contributed by atoms with Gasteiger partial charge in [0.25, 0.3) is 0 Å². The van der Waals surface area contributed by atoms with Gasteiger partial charge in [0, 0.05) is 28.0 Å². The van der Waals surface area contributed by atoms with Gasteiger partial charge in [-0.25, -0.2) is 14.6 Å². The van der Waals surface area contributed by atoms with E-state index in [2.05, 4.69) is 33.9 Å². The standard InChI is InChI=1S/C37H43BrN4O7/c1-7-14-37(3,4)21-48-35(44)41-32(24-10-8-9-11-24)34(43)42(36(45)47-6)20-25(15-22(42)2)49-33-28-17-29(38)31(46-5)18-27(28)26-13-12-23(19-39)16-30(26)40-33/h7,12-13,16-18,22,24-25,32H,1,8-11,14-15,20-21H2,2-6H3/p+1/t22-,25-,32+,42?/m1/s1. The predicted octanol–water partition coefficient (Wildman–Crippen LogP) is 7.57. The maximum absolute atomic E-state index is 14.7. The summed E-state index contributed by atoms with van der Waals surface area (Å²) < 4.78 is 23.1. The number of amides is 3. The van der Waals surface area contributed by atoms with Crippen LogP contribution in [-0.4, -0.2) is 73.1 Å². The zero-order chi connectivity index (χ0) is 35.5. The highest BCUT2D eigenvalue weighted by Gasteiger charge is 2.61. The molecule has 1 N–H and O–H groups in total. The van der Waals surface area contributed by atoms with Crippen molar-refractivity contribution < 1.29 is 37.8 Å². The van der Waals surface area contributed by atoms with Crippen LogP contribution in [0.2, 0.25) is 0 Å². The number of methoxy groups -OCH3 is 2. The Hall–Kier alpha value is -4.21. The molecule has 4 atom stereocenters. The number of carbonyl (C=O) groups is 3. The maximum atomic E-state index is 14.7. The second-order valence-corrected chi connectivity index (χ2v) is 14.7. The Morgan fingerprint density at radius 1 is 1.16 bits per heavy atom. The van der Waals surface area contributed by atoms with E-state index in [9.17, 15) is 19.6 Å². The lowest BCUT2D eigenvalue weighted by atomic mass is 9.91. The summed E-state index contributed by atoms with van der Waals surface area (Å²) in [6.45, 7) is 9.67. The van der Waals surface area contributed by atoms with Gasteiger partial charge in [-0.3, -0.25) is 0 Å². The van der Waals surface area contributed by atoms with E-state index in [-0.39, 0.29) is 24.5 Å². The van der Waals surface area contributed by atoms with Crippen molar-refractivity contribution >= 4 is 55.7 Å². The van der Waals surface area contributed by atoms with Crippen molar-refractivity contribution in [3.63, 3.8) is 0 Å². The summed E-state index contributed by atoms with van der Waals surface area (Å²) in [5.74, 6) is 0.319. The molecule has 260 valence electrons. The van der Waals surface area contributed by atoms with E-state index in [1.54, 1.807) is 25.3 Å². The SMILES string of the molecule is C=CCC(C)(C)COC(=O)N[C@H](C(=O)[N+]1(C(=O)OC)C[C@H](Oc2nc3cc(C#N)ccc3c3cc(OC)c(Br)cc23)C[C@H]1C)C1CCCC1. The molecule has 0 radical (unpaired) electrons. The first-order chi connectivity index (χ1) is 23.4. The number of likely N-dealkylation sites (tertiary alicyclic amines) is 1. The van der Waals surface area contributed by atoms with E-state index in [0.717, 1.165) is 36.5 Å². The first-order valence-electron chi connectivity index (χ1n) is 16.6. The van der Waals surface area contributed by atoms with Gasteiger partial charge in [-0.2, -0.15) is 14.5 Å². The van der Waals surface area contributed by atoms with Gasteiger partial charge in [0.1, 0.15) is 18.3 Å². The number of benzene rings is 2. The highest BCUT2D eigenvalue weighted by Crippen LogP contribution is 2.41. The highest BCUT2D eigenvalue weighted by atomic mass is 79.9. The second-order valence-electron chi connectivity index (χ2n) is 13.9. The third-order valence-corrected chi connectivity index (χ3v) is 10.5. The van der Waals surface area contributed by atoms with Gasteiger partial charge in [0.15, 0.2) is 12.1 Å². The zero-order valence-corrected chi connectivity index (χ0v) is 30.3. The van der Waals surface area contributed by atoms with Crippen molar-refractivity contribution in [2.75, 3.05) is 27.4 Å². The molecule has 3 aromatic rings. The van der Waals surface area contributed by atoms with Crippen LogP contribution in [0, 0.1) is 22.7 Å². The molecular weight excluding hydrogens is 692 g/mol. The Morgan fingerprint density at radius 2 is 1.90 bits per heavy atom. The molecule has 2 fully saturated rings. The number of hydrogen-bond acceptors (Lipinski definition) is 9. The van der Waals surface area contributed by atoms with Crippen molar-refractivity contribution in [3.05, 3.63) is 53.0 Å². The average molecular weight is 737 g/mol. The molecule has 2 heterocycles. The third-order valence-electron chi connectivity index (χ3n) is 9.88. The van der Waals surface area contributed by atoms with E-state index >= 15 is 0 Å². The number of halogens is 1. The normalized spacial score (nSPS) is 21.6. The Labute approximate surface area is 295 Å². The number of imide groups is 1. The highest BCUT2D eigenvalue weighted by molar-refractivity contribution is 9.10. The number of quaternary nitrogens is 1. The quantitative estimate of drug-likeness (QED) is 0.127. The molecule has 0 spiro atoms. The van der Waals surface area contributed by atoms with Gasteiger partial charge < -0.3 is 24.3 Å². The summed E-state index contributed by atoms with van der Waals surface area (Å²) in [7, 11) is 2.85. The summed E-state index contributed by atoms with van der Waals surface area (Å²) in [5, 5.41) is 14.7. The number of carbonyl (C=O) groups excluding carboxylic acids is 3. The molecule has 1 aromatic heterocycles. The van der Waals surface area contributed by atoms with Gasteiger partial charge in [-0.1, -0.05) is 38.8 Å². The molecule has 2 aliphatic rings. The minimum absolute atomic E-state index is 0.0181. The fourth-order valence-electron chi connectivity index (χ4n) is 7.28. The van der Waals surface area contributed by atoms with Crippen LogP contribution in [0.3, 0.4) is 0 Å². The minimum Gasteiger partial charge on any atom is -0.496 e. The number of nitrogens with one attached hydrogen (secondary N) is 1. The van der Waals surface area contributed by atoms with E-state index < -0.39 is 40.8 Å². The predicted molar refractivity (Wildman–Crippen MR) is 188 cm³/mol. The molecule has 1 saturated heterocycles. The summed E-state index contributed by atoms with van der Waals surface area (Å²) in [6.07, 6.45) is 4.07. The number of pyridine rings is 1. The number of ether oxygens (including phenoxy) is 4. The van der Waals surface area contributed by atoms with Crippen LogP contribution in [0.25, 0.3) is 21.7 Å². The monoisotopic (exact) mass is 735 g/mol. The largest absolute Gasteiger partial charge is 0.523 e. The van der Waals surface area contributed by atoms with Crippen LogP contribution in [0.4, 0.5) is 9.59 Å². The molecule has 3 amide bonds. The number of alkyl carbamates (subject to hydrolysis) is 1. The van der Waals surface area contributed by atoms with E-state index in [0.29, 0.717) is 45.4 Å². The lowest BCUT2D eigenvalue weighted by Gasteiger charge is -2.35. The lowest BCUT2D eigenvalue weighted by Crippen LogP contribution is -2.66. The van der Waals surface area contributed by atoms with Crippen LogP contribution < -0.4 is 14.8 Å². The molecule has 49 heavy (non-hydrogen) atoms. The molecule has 1 saturated carbocycles. The number of nitriles is 1. The number of hydrogen-bond donors (Lipinski definition) is 1. The maximum Gasteiger partial charge on any atom is 0.523 e. The Balaban J connectivity index is 1.49. The summed E-state index contributed by atoms with van der Waals surface area (Å²) >= 11 is 3.57. The molecular formula is C37H44BrN4O7+. The summed E-state index contributed by atoms with van der Waals surface area (Å²) in [4.78, 5) is 46.5. The van der Waals surface area contributed by atoms with E-state index in [4.69, 9.17) is 23.9 Å². The van der Waals surface area contributed by atoms with Crippen molar-refractivity contribution in [3.8, 4) is 17.7 Å². The van der Waals surface area contributed by atoms with Gasteiger partial charge in [-0.15, -0.1) is 6.58 Å². The molecule has 1 aliphatic heterocycles. The molecule has 1 unspecified atom stereocenters. The number of fused-ring (bicyclic) bond motifs is 3.